The number of hydrogen-bond acceptors (Lipinski definition) is 2. The maximum absolute atomic E-state index is 11.2. The largest absolute Gasteiger partial charge is 0.341 e. The molecular weight excluding hydrogens is 140 g/mol. The number of nitrogens with zero attached hydrogens (tertiary/aromatic N) is 1. The van der Waals surface area contributed by atoms with Crippen molar-refractivity contribution in [2.75, 3.05) is 13.1 Å². The Labute approximate surface area is 67.5 Å². The summed E-state index contributed by atoms with van der Waals surface area (Å²) in [6.45, 7) is 5.62. The Hall–Kier alpha value is -0.570. The Bertz CT molecular complexity index is 156. The number of hydrogen-bond donors (Lipinski definition) is 1. The van der Waals surface area contributed by atoms with Crippen molar-refractivity contribution in [1.82, 2.24) is 4.90 Å². The van der Waals surface area contributed by atoms with Crippen LogP contribution in [0, 0.1) is 5.92 Å². The predicted octanol–water partition coefficient (Wildman–Crippen LogP) is 0.202. The molecule has 1 amide bonds. The standard InChI is InChI=1S/C8H16N2O/c1-6-3-8(11)10(4-6)5-7(2)9/h6-7H,3-5,9H2,1-2H3/t6?,7-/m0/s1. The quantitative estimate of drug-likeness (QED) is 0.621. The third-order valence-electron chi connectivity index (χ3n) is 1.92. The third kappa shape index (κ3) is 2.19. The highest BCUT2D eigenvalue weighted by Gasteiger charge is 2.26. The fraction of sp³-hybridized carbons (Fsp3) is 0.875. The zero-order valence-electron chi connectivity index (χ0n) is 7.21. The van der Waals surface area contributed by atoms with Crippen molar-refractivity contribution >= 4 is 5.91 Å². The molecule has 1 aliphatic heterocycles. The minimum absolute atomic E-state index is 0.101. The average Bonchev–Trinajstić information content (AvgIpc) is 2.09. The number of nitrogens with two attached hydrogens (primary N) is 1. The number of carbonyl (C=O) groups is 1. The molecule has 3 nitrogen and oxygen atoms in total. The molecule has 1 saturated heterocycles. The molecule has 2 N–H and O–H groups in total. The lowest BCUT2D eigenvalue weighted by Gasteiger charge is -2.17. The third-order valence-corrected chi connectivity index (χ3v) is 1.92. The zero-order chi connectivity index (χ0) is 8.43. The number of rotatable bonds is 2. The van der Waals surface area contributed by atoms with Crippen LogP contribution in [-0.2, 0) is 4.79 Å². The molecule has 0 radical (unpaired) electrons. The molecule has 1 fully saturated rings. The van der Waals surface area contributed by atoms with Crippen LogP contribution in [0.1, 0.15) is 20.3 Å². The van der Waals surface area contributed by atoms with E-state index in [2.05, 4.69) is 6.92 Å². The van der Waals surface area contributed by atoms with E-state index < -0.39 is 0 Å². The molecule has 0 aliphatic carbocycles. The van der Waals surface area contributed by atoms with Gasteiger partial charge in [-0.05, 0) is 12.8 Å². The van der Waals surface area contributed by atoms with Crippen LogP contribution in [0.3, 0.4) is 0 Å². The van der Waals surface area contributed by atoms with E-state index in [0.717, 1.165) is 6.54 Å². The summed E-state index contributed by atoms with van der Waals surface area (Å²) in [6, 6.07) is 0.101. The highest BCUT2D eigenvalue weighted by Crippen LogP contribution is 2.16. The normalized spacial score (nSPS) is 27.7. The van der Waals surface area contributed by atoms with Crippen molar-refractivity contribution in [3.05, 3.63) is 0 Å². The van der Waals surface area contributed by atoms with E-state index in [-0.39, 0.29) is 11.9 Å². The molecule has 1 rings (SSSR count). The Morgan fingerprint density at radius 2 is 2.45 bits per heavy atom. The van der Waals surface area contributed by atoms with Gasteiger partial charge < -0.3 is 10.6 Å². The van der Waals surface area contributed by atoms with Gasteiger partial charge in [0.05, 0.1) is 0 Å². The van der Waals surface area contributed by atoms with Crippen LogP contribution in [0.15, 0.2) is 0 Å². The first-order chi connectivity index (χ1) is 5.09. The van der Waals surface area contributed by atoms with Gasteiger partial charge in [-0.15, -0.1) is 0 Å². The minimum Gasteiger partial charge on any atom is -0.341 e. The molecule has 0 aromatic heterocycles. The first-order valence-electron chi connectivity index (χ1n) is 4.13. The van der Waals surface area contributed by atoms with E-state index in [0.29, 0.717) is 18.9 Å². The molecule has 1 aliphatic rings. The van der Waals surface area contributed by atoms with Gasteiger partial charge >= 0.3 is 0 Å². The molecule has 1 unspecified atom stereocenters. The summed E-state index contributed by atoms with van der Waals surface area (Å²) in [5.41, 5.74) is 5.59. The highest BCUT2D eigenvalue weighted by molar-refractivity contribution is 5.78. The molecule has 3 heteroatoms. The van der Waals surface area contributed by atoms with E-state index in [1.54, 1.807) is 0 Å². The molecule has 0 aromatic carbocycles. The maximum Gasteiger partial charge on any atom is 0.222 e. The smallest absolute Gasteiger partial charge is 0.222 e. The van der Waals surface area contributed by atoms with E-state index in [1.165, 1.54) is 0 Å². The molecule has 0 saturated carbocycles. The molecule has 1 heterocycles. The van der Waals surface area contributed by atoms with Gasteiger partial charge in [-0.1, -0.05) is 6.92 Å². The summed E-state index contributed by atoms with van der Waals surface area (Å²) in [4.78, 5) is 13.0. The molecule has 0 aromatic rings. The van der Waals surface area contributed by atoms with Crippen LogP contribution in [0.5, 0.6) is 0 Å². The van der Waals surface area contributed by atoms with Crippen molar-refractivity contribution in [2.45, 2.75) is 26.3 Å². The molecule has 0 spiro atoms. The second-order valence-corrected chi connectivity index (χ2v) is 3.59. The summed E-state index contributed by atoms with van der Waals surface area (Å²) in [7, 11) is 0. The topological polar surface area (TPSA) is 46.3 Å². The van der Waals surface area contributed by atoms with Gasteiger partial charge in [0, 0.05) is 25.6 Å². The summed E-state index contributed by atoms with van der Waals surface area (Å²) in [5.74, 6) is 0.774. The lowest BCUT2D eigenvalue weighted by molar-refractivity contribution is -0.127. The molecule has 0 bridgehead atoms. The lowest BCUT2D eigenvalue weighted by Crippen LogP contribution is -2.36. The van der Waals surface area contributed by atoms with E-state index in [9.17, 15) is 4.79 Å². The van der Waals surface area contributed by atoms with Crippen LogP contribution < -0.4 is 5.73 Å². The van der Waals surface area contributed by atoms with Gasteiger partial charge in [0.15, 0.2) is 0 Å². The Kier molecular flexibility index (Phi) is 2.49. The van der Waals surface area contributed by atoms with Crippen LogP contribution in [-0.4, -0.2) is 29.9 Å². The van der Waals surface area contributed by atoms with E-state index in [1.807, 2.05) is 11.8 Å². The molecule has 2 atom stereocenters. The van der Waals surface area contributed by atoms with Gasteiger partial charge in [-0.3, -0.25) is 4.79 Å². The monoisotopic (exact) mass is 156 g/mol. The number of likely N-dealkylation sites (tertiary alicyclic amines) is 1. The maximum atomic E-state index is 11.2. The Morgan fingerprint density at radius 1 is 1.82 bits per heavy atom. The first-order valence-corrected chi connectivity index (χ1v) is 4.13. The predicted molar refractivity (Wildman–Crippen MR) is 44.0 cm³/mol. The van der Waals surface area contributed by atoms with Crippen LogP contribution in [0.2, 0.25) is 0 Å². The van der Waals surface area contributed by atoms with E-state index in [4.69, 9.17) is 5.73 Å². The molecular formula is C8H16N2O. The fourth-order valence-electron chi connectivity index (χ4n) is 1.49. The van der Waals surface area contributed by atoms with Crippen LogP contribution in [0.25, 0.3) is 0 Å². The summed E-state index contributed by atoms with van der Waals surface area (Å²) in [6.07, 6.45) is 0.701. The van der Waals surface area contributed by atoms with Crippen LogP contribution >= 0.6 is 0 Å². The summed E-state index contributed by atoms with van der Waals surface area (Å²) in [5, 5.41) is 0. The van der Waals surface area contributed by atoms with Gasteiger partial charge in [-0.2, -0.15) is 0 Å². The highest BCUT2D eigenvalue weighted by atomic mass is 16.2. The van der Waals surface area contributed by atoms with Gasteiger partial charge in [0.25, 0.3) is 0 Å². The minimum atomic E-state index is 0.101. The zero-order valence-corrected chi connectivity index (χ0v) is 7.21. The van der Waals surface area contributed by atoms with Crippen LogP contribution in [0.4, 0.5) is 0 Å². The van der Waals surface area contributed by atoms with Crippen molar-refractivity contribution in [2.24, 2.45) is 11.7 Å². The van der Waals surface area contributed by atoms with Gasteiger partial charge in [0.1, 0.15) is 0 Å². The van der Waals surface area contributed by atoms with Crippen molar-refractivity contribution in [3.8, 4) is 0 Å². The first kappa shape index (κ1) is 8.53. The lowest BCUT2D eigenvalue weighted by atomic mass is 10.2. The van der Waals surface area contributed by atoms with Gasteiger partial charge in [0.2, 0.25) is 5.91 Å². The second-order valence-electron chi connectivity index (χ2n) is 3.59. The second kappa shape index (κ2) is 3.22. The van der Waals surface area contributed by atoms with Crippen molar-refractivity contribution < 1.29 is 4.79 Å². The summed E-state index contributed by atoms with van der Waals surface area (Å²) >= 11 is 0. The SMILES string of the molecule is CC1CC(=O)N(C[C@H](C)N)C1. The van der Waals surface area contributed by atoms with Gasteiger partial charge in [-0.25, -0.2) is 0 Å². The Balaban J connectivity index is 2.41. The molecule has 64 valence electrons. The van der Waals surface area contributed by atoms with Crippen molar-refractivity contribution in [1.29, 1.82) is 0 Å². The summed E-state index contributed by atoms with van der Waals surface area (Å²) < 4.78 is 0. The Morgan fingerprint density at radius 3 is 2.82 bits per heavy atom. The van der Waals surface area contributed by atoms with E-state index >= 15 is 0 Å². The molecule has 11 heavy (non-hydrogen) atoms. The number of amides is 1. The fourth-order valence-corrected chi connectivity index (χ4v) is 1.49. The van der Waals surface area contributed by atoms with Crippen molar-refractivity contribution in [3.63, 3.8) is 0 Å². The average molecular weight is 156 g/mol. The number of carbonyl (C=O) groups excluding carboxylic acids is 1.